The normalized spacial score (nSPS) is 19.5. The lowest BCUT2D eigenvalue weighted by Gasteiger charge is -2.29. The number of amides is 2. The second-order valence-corrected chi connectivity index (χ2v) is 10.5. The molecule has 2 amide bonds. The molecule has 1 aromatic carbocycles. The molecule has 0 saturated heterocycles. The molecule has 8 nitrogen and oxygen atoms in total. The van der Waals surface area contributed by atoms with Gasteiger partial charge in [-0.2, -0.15) is 0 Å². The third kappa shape index (κ3) is 5.63. The number of nitrogens with one attached hydrogen (secondary N) is 3. The Morgan fingerprint density at radius 1 is 1.03 bits per heavy atom. The topological polar surface area (TPSA) is 109 Å². The van der Waals surface area contributed by atoms with Gasteiger partial charge in [0.25, 0.3) is 5.91 Å². The van der Waals surface area contributed by atoms with Crippen LogP contribution in [0.5, 0.6) is 5.75 Å². The number of carbonyl (C=O) groups excluding carboxylic acids is 2. The molecule has 2 aliphatic rings. The van der Waals surface area contributed by atoms with Gasteiger partial charge in [-0.05, 0) is 75.5 Å². The van der Waals surface area contributed by atoms with E-state index in [2.05, 4.69) is 44.6 Å². The molecule has 2 saturated carbocycles. The summed E-state index contributed by atoms with van der Waals surface area (Å²) in [5.41, 5.74) is 5.58. The lowest BCUT2D eigenvalue weighted by atomic mass is 9.91. The molecule has 0 spiro atoms. The van der Waals surface area contributed by atoms with E-state index in [9.17, 15) is 9.59 Å². The molecule has 196 valence electrons. The maximum absolute atomic E-state index is 13.4. The third-order valence-corrected chi connectivity index (χ3v) is 7.63. The van der Waals surface area contributed by atoms with Gasteiger partial charge in [-0.3, -0.25) is 9.59 Å². The second kappa shape index (κ2) is 10.9. The summed E-state index contributed by atoms with van der Waals surface area (Å²) in [5.74, 6) is 1.42. The van der Waals surface area contributed by atoms with Gasteiger partial charge in [0, 0.05) is 29.8 Å². The fourth-order valence-corrected chi connectivity index (χ4v) is 5.17. The van der Waals surface area contributed by atoms with Crippen LogP contribution in [0.15, 0.2) is 24.5 Å². The number of ether oxygens (including phenoxy) is 1. The van der Waals surface area contributed by atoms with Crippen LogP contribution in [0.3, 0.4) is 0 Å². The molecule has 0 bridgehead atoms. The number of fused-ring (bicyclic) bond motifs is 1. The molecule has 0 aliphatic heterocycles. The van der Waals surface area contributed by atoms with E-state index in [1.807, 2.05) is 19.9 Å². The lowest BCUT2D eigenvalue weighted by molar-refractivity contribution is -0.121. The van der Waals surface area contributed by atoms with E-state index in [1.54, 1.807) is 0 Å². The van der Waals surface area contributed by atoms with Crippen molar-refractivity contribution in [1.82, 2.24) is 25.6 Å². The number of aryl methyl sites for hydroxylation is 2. The van der Waals surface area contributed by atoms with Gasteiger partial charge in [0.05, 0.1) is 17.7 Å². The minimum absolute atomic E-state index is 0.0802. The molecule has 3 aromatic rings. The smallest absolute Gasteiger partial charge is 0.255 e. The van der Waals surface area contributed by atoms with Gasteiger partial charge in [0.2, 0.25) is 5.91 Å². The van der Waals surface area contributed by atoms with Crippen LogP contribution >= 0.6 is 0 Å². The molecular formula is C29H37N5O3. The Morgan fingerprint density at radius 2 is 1.76 bits per heavy atom. The highest BCUT2D eigenvalue weighted by Crippen LogP contribution is 2.37. The van der Waals surface area contributed by atoms with Crippen molar-refractivity contribution in [1.29, 1.82) is 0 Å². The zero-order valence-corrected chi connectivity index (χ0v) is 22.0. The number of hydrogen-bond donors (Lipinski definition) is 3. The van der Waals surface area contributed by atoms with Gasteiger partial charge in [-0.15, -0.1) is 0 Å². The lowest BCUT2D eigenvalue weighted by Crippen LogP contribution is -2.43. The number of aromatic amines is 1. The Morgan fingerprint density at radius 3 is 2.43 bits per heavy atom. The van der Waals surface area contributed by atoms with Crippen LogP contribution in [0, 0.1) is 12.8 Å². The molecule has 0 radical (unpaired) electrons. The minimum atomic E-state index is -0.123. The first-order valence-corrected chi connectivity index (χ1v) is 13.7. The highest BCUT2D eigenvalue weighted by Gasteiger charge is 2.27. The molecule has 37 heavy (non-hydrogen) atoms. The van der Waals surface area contributed by atoms with Crippen LogP contribution in [0.4, 0.5) is 0 Å². The van der Waals surface area contributed by atoms with Crippen LogP contribution < -0.4 is 15.4 Å². The van der Waals surface area contributed by atoms with Crippen molar-refractivity contribution in [3.8, 4) is 17.0 Å². The molecule has 8 heteroatoms. The standard InChI is InChI=1S/C29H37N5O3/c1-4-18-8-13-23(37-15-19-6-7-19)22(14-18)26-28-27(31-16-30-26)25(17(3)32-28)29(36)34-21-11-9-20(10-12-21)33-24(35)5-2/h8,13-14,16,19-21,32H,4-7,9-12,15H2,1-3H3,(H,33,35)(H,34,36)/t20-,21+. The predicted molar refractivity (Wildman–Crippen MR) is 144 cm³/mol. The van der Waals surface area contributed by atoms with Gasteiger partial charge >= 0.3 is 0 Å². The molecule has 2 heterocycles. The first kappa shape index (κ1) is 25.2. The summed E-state index contributed by atoms with van der Waals surface area (Å²) in [5, 5.41) is 6.29. The summed E-state index contributed by atoms with van der Waals surface area (Å²) in [7, 11) is 0. The van der Waals surface area contributed by atoms with E-state index >= 15 is 0 Å². The fourth-order valence-electron chi connectivity index (χ4n) is 5.17. The van der Waals surface area contributed by atoms with Crippen molar-refractivity contribution in [3.05, 3.63) is 41.3 Å². The maximum atomic E-state index is 13.4. The second-order valence-electron chi connectivity index (χ2n) is 10.5. The van der Waals surface area contributed by atoms with Crippen LogP contribution in [0.25, 0.3) is 22.3 Å². The van der Waals surface area contributed by atoms with Gasteiger partial charge in [0.15, 0.2) is 0 Å². The zero-order valence-electron chi connectivity index (χ0n) is 22.0. The third-order valence-electron chi connectivity index (χ3n) is 7.63. The molecule has 2 aliphatic carbocycles. The maximum Gasteiger partial charge on any atom is 0.255 e. The van der Waals surface area contributed by atoms with E-state index in [-0.39, 0.29) is 23.9 Å². The highest BCUT2D eigenvalue weighted by molar-refractivity contribution is 6.09. The summed E-state index contributed by atoms with van der Waals surface area (Å²) < 4.78 is 6.21. The largest absolute Gasteiger partial charge is 0.493 e. The molecule has 0 atom stereocenters. The molecule has 2 aromatic heterocycles. The molecule has 0 unspecified atom stereocenters. The fraction of sp³-hybridized carbons (Fsp3) is 0.517. The summed E-state index contributed by atoms with van der Waals surface area (Å²) in [6.07, 6.45) is 8.81. The summed E-state index contributed by atoms with van der Waals surface area (Å²) >= 11 is 0. The van der Waals surface area contributed by atoms with E-state index in [4.69, 9.17) is 4.74 Å². The van der Waals surface area contributed by atoms with E-state index < -0.39 is 0 Å². The van der Waals surface area contributed by atoms with Crippen LogP contribution in [-0.4, -0.2) is 45.5 Å². The minimum Gasteiger partial charge on any atom is -0.493 e. The average molecular weight is 504 g/mol. The molecule has 5 rings (SSSR count). The SMILES string of the molecule is CCC(=O)N[C@H]1CC[C@@H](NC(=O)c2c(C)[nH]c3c(-c4cc(CC)ccc4OCC4CC4)ncnc23)CC1. The summed E-state index contributed by atoms with van der Waals surface area (Å²) in [4.78, 5) is 37.7. The Bertz CT molecular complexity index is 1290. The van der Waals surface area contributed by atoms with E-state index in [1.165, 1.54) is 24.7 Å². The summed E-state index contributed by atoms with van der Waals surface area (Å²) in [6, 6.07) is 6.55. The van der Waals surface area contributed by atoms with Crippen LogP contribution in [0.1, 0.15) is 80.4 Å². The zero-order chi connectivity index (χ0) is 25.9. The number of carbonyl (C=O) groups is 2. The Labute approximate surface area is 218 Å². The number of hydrogen-bond acceptors (Lipinski definition) is 5. The molecule has 2 fully saturated rings. The number of rotatable bonds is 9. The first-order chi connectivity index (χ1) is 18.0. The van der Waals surface area contributed by atoms with Crippen molar-refractivity contribution in [2.75, 3.05) is 6.61 Å². The predicted octanol–water partition coefficient (Wildman–Crippen LogP) is 4.85. The van der Waals surface area contributed by atoms with Gasteiger partial charge in [0.1, 0.15) is 23.3 Å². The van der Waals surface area contributed by atoms with Crippen molar-refractivity contribution in [2.45, 2.75) is 84.2 Å². The Hall–Kier alpha value is -3.42. The molecule has 3 N–H and O–H groups in total. The summed E-state index contributed by atoms with van der Waals surface area (Å²) in [6.45, 7) is 6.62. The van der Waals surface area contributed by atoms with Crippen molar-refractivity contribution >= 4 is 22.8 Å². The quantitative estimate of drug-likeness (QED) is 0.387. The average Bonchev–Trinajstić information content (AvgIpc) is 3.67. The van der Waals surface area contributed by atoms with E-state index in [0.717, 1.165) is 60.3 Å². The number of H-pyrrole nitrogens is 1. The van der Waals surface area contributed by atoms with Crippen LogP contribution in [-0.2, 0) is 11.2 Å². The Balaban J connectivity index is 1.38. The van der Waals surface area contributed by atoms with Crippen molar-refractivity contribution < 1.29 is 14.3 Å². The monoisotopic (exact) mass is 503 g/mol. The van der Waals surface area contributed by atoms with Crippen LogP contribution in [0.2, 0.25) is 0 Å². The van der Waals surface area contributed by atoms with Crippen molar-refractivity contribution in [2.24, 2.45) is 5.92 Å². The van der Waals surface area contributed by atoms with Gasteiger partial charge in [-0.25, -0.2) is 9.97 Å². The van der Waals surface area contributed by atoms with E-state index in [0.29, 0.717) is 30.0 Å². The number of aromatic nitrogens is 3. The van der Waals surface area contributed by atoms with Gasteiger partial charge < -0.3 is 20.4 Å². The molecular weight excluding hydrogens is 466 g/mol. The first-order valence-electron chi connectivity index (χ1n) is 13.7. The highest BCUT2D eigenvalue weighted by atomic mass is 16.5. The number of benzene rings is 1. The Kier molecular flexibility index (Phi) is 7.44. The van der Waals surface area contributed by atoms with Crippen molar-refractivity contribution in [3.63, 3.8) is 0 Å². The number of nitrogens with zero attached hydrogens (tertiary/aromatic N) is 2. The van der Waals surface area contributed by atoms with Gasteiger partial charge in [-0.1, -0.05) is 19.9 Å².